The first-order chi connectivity index (χ1) is 12.0. The second kappa shape index (κ2) is 7.43. The number of hydrogen-bond acceptors (Lipinski definition) is 4. The van der Waals surface area contributed by atoms with E-state index >= 15 is 0 Å². The average Bonchev–Trinajstić information content (AvgIpc) is 3.06. The molecule has 128 valence electrons. The molecular formula is C17H11F3N2O2S. The Hall–Kier alpha value is -2.74. The minimum absolute atomic E-state index is 0.0254. The van der Waals surface area contributed by atoms with Gasteiger partial charge in [0.2, 0.25) is 5.91 Å². The number of thioether (sulfide) groups is 1. The van der Waals surface area contributed by atoms with Crippen LogP contribution in [0.4, 0.5) is 18.9 Å². The molecule has 0 radical (unpaired) electrons. The largest absolute Gasteiger partial charge is 0.431 e. The van der Waals surface area contributed by atoms with Crippen molar-refractivity contribution in [2.75, 3.05) is 11.1 Å². The Morgan fingerprint density at radius 3 is 2.56 bits per heavy atom. The van der Waals surface area contributed by atoms with Crippen molar-refractivity contribution in [3.63, 3.8) is 0 Å². The third kappa shape index (κ3) is 4.42. The number of oxazole rings is 1. The van der Waals surface area contributed by atoms with E-state index in [1.54, 1.807) is 12.1 Å². The summed E-state index contributed by atoms with van der Waals surface area (Å²) in [5.41, 5.74) is 0.816. The fraction of sp³-hybridized carbons (Fsp3) is 0.0588. The second-order valence-electron chi connectivity index (χ2n) is 4.96. The van der Waals surface area contributed by atoms with Crippen molar-refractivity contribution >= 4 is 23.4 Å². The number of carbonyl (C=O) groups excluding carboxylic acids is 1. The molecule has 0 atom stereocenters. The molecule has 1 N–H and O–H groups in total. The van der Waals surface area contributed by atoms with Crippen LogP contribution in [0, 0.1) is 17.5 Å². The summed E-state index contributed by atoms with van der Waals surface area (Å²) in [6, 6.07) is 8.82. The topological polar surface area (TPSA) is 55.1 Å². The third-order valence-electron chi connectivity index (χ3n) is 3.14. The lowest BCUT2D eigenvalue weighted by Crippen LogP contribution is -2.14. The number of hydrogen-bond donors (Lipinski definition) is 1. The van der Waals surface area contributed by atoms with Gasteiger partial charge in [0.1, 0.15) is 5.82 Å². The first kappa shape index (κ1) is 17.1. The zero-order chi connectivity index (χ0) is 17.8. The van der Waals surface area contributed by atoms with Gasteiger partial charge in [0.15, 0.2) is 17.4 Å². The van der Waals surface area contributed by atoms with Crippen LogP contribution >= 0.6 is 11.8 Å². The summed E-state index contributed by atoms with van der Waals surface area (Å²) >= 11 is 1.04. The molecule has 0 saturated heterocycles. The van der Waals surface area contributed by atoms with Gasteiger partial charge in [-0.25, -0.2) is 18.2 Å². The highest BCUT2D eigenvalue weighted by Gasteiger charge is 2.11. The van der Waals surface area contributed by atoms with E-state index in [9.17, 15) is 18.0 Å². The predicted octanol–water partition coefficient (Wildman–Crippen LogP) is 4.49. The van der Waals surface area contributed by atoms with E-state index in [2.05, 4.69) is 10.3 Å². The number of nitrogens with one attached hydrogen (secondary N) is 1. The van der Waals surface area contributed by atoms with Crippen LogP contribution in [0.3, 0.4) is 0 Å². The highest BCUT2D eigenvalue weighted by atomic mass is 32.2. The van der Waals surface area contributed by atoms with Crippen molar-refractivity contribution in [1.82, 2.24) is 4.98 Å². The highest BCUT2D eigenvalue weighted by Crippen LogP contribution is 2.25. The van der Waals surface area contributed by atoms with Gasteiger partial charge in [-0.3, -0.25) is 4.79 Å². The third-order valence-corrected chi connectivity index (χ3v) is 3.99. The smallest absolute Gasteiger partial charge is 0.256 e. The van der Waals surface area contributed by atoms with Crippen molar-refractivity contribution in [2.24, 2.45) is 0 Å². The van der Waals surface area contributed by atoms with E-state index in [0.717, 1.165) is 23.9 Å². The first-order valence-corrected chi connectivity index (χ1v) is 8.09. The van der Waals surface area contributed by atoms with E-state index in [-0.39, 0.29) is 22.5 Å². The van der Waals surface area contributed by atoms with Crippen LogP contribution < -0.4 is 5.32 Å². The molecule has 0 unspecified atom stereocenters. The van der Waals surface area contributed by atoms with Crippen molar-refractivity contribution in [2.45, 2.75) is 5.22 Å². The lowest BCUT2D eigenvalue weighted by Gasteiger charge is -2.04. The molecular weight excluding hydrogens is 353 g/mol. The molecule has 0 spiro atoms. The van der Waals surface area contributed by atoms with Crippen LogP contribution in [0.5, 0.6) is 0 Å². The SMILES string of the molecule is O=C(CSc1ncc(-c2ccc(F)cc2)o1)Nc1ccc(F)c(F)c1. The zero-order valence-electron chi connectivity index (χ0n) is 12.6. The molecule has 25 heavy (non-hydrogen) atoms. The summed E-state index contributed by atoms with van der Waals surface area (Å²) in [5.74, 6) is -2.38. The molecule has 1 aromatic heterocycles. The van der Waals surface area contributed by atoms with E-state index in [1.807, 2.05) is 0 Å². The molecule has 0 aliphatic rings. The Kier molecular flexibility index (Phi) is 5.08. The molecule has 2 aromatic carbocycles. The molecule has 1 heterocycles. The van der Waals surface area contributed by atoms with Crippen LogP contribution in [-0.2, 0) is 4.79 Å². The molecule has 3 rings (SSSR count). The Morgan fingerprint density at radius 2 is 1.84 bits per heavy atom. The minimum atomic E-state index is -1.04. The average molecular weight is 364 g/mol. The molecule has 3 aromatic rings. The molecule has 0 fully saturated rings. The number of halogens is 3. The number of benzene rings is 2. The Bertz CT molecular complexity index is 897. The summed E-state index contributed by atoms with van der Waals surface area (Å²) in [4.78, 5) is 15.9. The van der Waals surface area contributed by atoms with Gasteiger partial charge in [0.25, 0.3) is 5.22 Å². The first-order valence-electron chi connectivity index (χ1n) is 7.11. The molecule has 4 nitrogen and oxygen atoms in total. The van der Waals surface area contributed by atoms with Gasteiger partial charge in [0.05, 0.1) is 11.9 Å². The summed E-state index contributed by atoms with van der Waals surface area (Å²) in [6.07, 6.45) is 1.48. The minimum Gasteiger partial charge on any atom is -0.431 e. The van der Waals surface area contributed by atoms with Crippen LogP contribution in [0.2, 0.25) is 0 Å². The number of amides is 1. The van der Waals surface area contributed by atoms with Gasteiger partial charge < -0.3 is 9.73 Å². The van der Waals surface area contributed by atoms with Gasteiger partial charge in [-0.1, -0.05) is 11.8 Å². The molecule has 0 aliphatic heterocycles. The second-order valence-corrected chi connectivity index (χ2v) is 5.89. The van der Waals surface area contributed by atoms with Gasteiger partial charge >= 0.3 is 0 Å². The zero-order valence-corrected chi connectivity index (χ0v) is 13.4. The summed E-state index contributed by atoms with van der Waals surface area (Å²) in [5, 5.41) is 2.71. The number of nitrogens with zero attached hydrogens (tertiary/aromatic N) is 1. The summed E-state index contributed by atoms with van der Waals surface area (Å²) < 4.78 is 44.3. The van der Waals surface area contributed by atoms with Crippen molar-refractivity contribution in [1.29, 1.82) is 0 Å². The molecule has 8 heteroatoms. The quantitative estimate of drug-likeness (QED) is 0.678. The number of anilines is 1. The van der Waals surface area contributed by atoms with E-state index in [0.29, 0.717) is 11.3 Å². The lowest BCUT2D eigenvalue weighted by molar-refractivity contribution is -0.113. The number of carbonyl (C=O) groups is 1. The van der Waals surface area contributed by atoms with E-state index in [1.165, 1.54) is 24.4 Å². The van der Waals surface area contributed by atoms with Gasteiger partial charge in [-0.15, -0.1) is 0 Å². The standard InChI is InChI=1S/C17H11F3N2O2S/c18-11-3-1-10(2-4-11)15-8-21-17(24-15)25-9-16(23)22-12-5-6-13(19)14(20)7-12/h1-8H,9H2,(H,22,23). The van der Waals surface area contributed by atoms with Gasteiger partial charge in [-0.05, 0) is 36.4 Å². The summed E-state index contributed by atoms with van der Waals surface area (Å²) in [6.45, 7) is 0. The molecule has 1 amide bonds. The van der Waals surface area contributed by atoms with Crippen molar-refractivity contribution in [3.8, 4) is 11.3 Å². The fourth-order valence-electron chi connectivity index (χ4n) is 1.97. The predicted molar refractivity (Wildman–Crippen MR) is 87.6 cm³/mol. The van der Waals surface area contributed by atoms with Crippen molar-refractivity contribution < 1.29 is 22.4 Å². The Labute approximate surface area is 145 Å². The van der Waals surface area contributed by atoms with Gasteiger partial charge in [-0.2, -0.15) is 0 Å². The maximum absolute atomic E-state index is 13.1. The van der Waals surface area contributed by atoms with E-state index in [4.69, 9.17) is 4.42 Å². The Morgan fingerprint density at radius 1 is 1.08 bits per heavy atom. The van der Waals surface area contributed by atoms with Crippen molar-refractivity contribution in [3.05, 3.63) is 66.1 Å². The molecule has 0 bridgehead atoms. The van der Waals surface area contributed by atoms with Crippen LogP contribution in [-0.4, -0.2) is 16.6 Å². The molecule has 0 aliphatic carbocycles. The van der Waals surface area contributed by atoms with Crippen LogP contribution in [0.15, 0.2) is 58.3 Å². The molecule has 0 saturated carbocycles. The number of aromatic nitrogens is 1. The van der Waals surface area contributed by atoms with Crippen LogP contribution in [0.1, 0.15) is 0 Å². The fourth-order valence-corrected chi connectivity index (χ4v) is 2.57. The monoisotopic (exact) mass is 364 g/mol. The van der Waals surface area contributed by atoms with Crippen LogP contribution in [0.25, 0.3) is 11.3 Å². The highest BCUT2D eigenvalue weighted by molar-refractivity contribution is 7.99. The maximum Gasteiger partial charge on any atom is 0.256 e. The summed E-state index contributed by atoms with van der Waals surface area (Å²) in [7, 11) is 0. The normalized spacial score (nSPS) is 10.7. The van der Waals surface area contributed by atoms with E-state index < -0.39 is 17.5 Å². The Balaban J connectivity index is 1.57. The lowest BCUT2D eigenvalue weighted by atomic mass is 10.2. The number of rotatable bonds is 5. The van der Waals surface area contributed by atoms with Gasteiger partial charge in [0, 0.05) is 17.3 Å². The maximum atomic E-state index is 13.1.